The summed E-state index contributed by atoms with van der Waals surface area (Å²) in [4.78, 5) is 48.7. The summed E-state index contributed by atoms with van der Waals surface area (Å²) < 4.78 is 9.77. The molecule has 0 bridgehead atoms. The minimum absolute atomic E-state index is 0.0391. The van der Waals surface area contributed by atoms with Crippen molar-refractivity contribution < 1.29 is 28.9 Å². The summed E-state index contributed by atoms with van der Waals surface area (Å²) in [5.41, 5.74) is 6.25. The summed E-state index contributed by atoms with van der Waals surface area (Å²) in [5.74, 6) is -1.19. The van der Waals surface area contributed by atoms with E-state index in [0.29, 0.717) is 17.9 Å². The Labute approximate surface area is 247 Å². The van der Waals surface area contributed by atoms with Gasteiger partial charge in [0.15, 0.2) is 0 Å². The molecule has 3 rings (SSSR count). The van der Waals surface area contributed by atoms with Gasteiger partial charge in [0.1, 0.15) is 0 Å². The van der Waals surface area contributed by atoms with E-state index in [0.717, 1.165) is 23.0 Å². The zero-order valence-electron chi connectivity index (χ0n) is 22.0. The van der Waals surface area contributed by atoms with Gasteiger partial charge < -0.3 is 25.1 Å². The number of halogens is 2. The van der Waals surface area contributed by atoms with Gasteiger partial charge in [-0.2, -0.15) is 0 Å². The van der Waals surface area contributed by atoms with E-state index in [-0.39, 0.29) is 23.7 Å². The molecule has 3 N–H and O–H groups in total. The molecule has 0 aliphatic carbocycles. The van der Waals surface area contributed by atoms with Gasteiger partial charge in [0.2, 0.25) is 0 Å². The number of nitrogens with zero attached hydrogens (tertiary/aromatic N) is 3. The fourth-order valence-electron chi connectivity index (χ4n) is 3.22. The minimum atomic E-state index is -0.854. The number of fused-ring (bicyclic) bond motifs is 1. The van der Waals surface area contributed by atoms with E-state index in [4.69, 9.17) is 33.0 Å². The Hall–Kier alpha value is -3.56. The van der Waals surface area contributed by atoms with Gasteiger partial charge in [-0.3, -0.25) is 20.2 Å². The number of carbonyl (C=O) groups excluding carboxylic acids is 2. The maximum atomic E-state index is 11.9. The van der Waals surface area contributed by atoms with Crippen LogP contribution in [0.2, 0.25) is 0 Å². The van der Waals surface area contributed by atoms with Crippen LogP contribution in [0.5, 0.6) is 0 Å². The van der Waals surface area contributed by atoms with Crippen LogP contribution < -0.4 is 5.73 Å². The van der Waals surface area contributed by atoms with Crippen molar-refractivity contribution in [2.24, 2.45) is 0 Å². The Morgan fingerprint density at radius 3 is 2.10 bits per heavy atom. The normalized spacial score (nSPS) is 10.2. The van der Waals surface area contributed by atoms with Crippen LogP contribution in [-0.2, 0) is 9.47 Å². The Kier molecular flexibility index (Phi) is 14.8. The molecule has 3 aromatic rings. The first-order valence-corrected chi connectivity index (χ1v) is 18.6. The molecular weight excluding hydrogens is 676 g/mol. The molecule has 0 saturated heterocycles. The molecule has 0 spiro atoms. The first-order chi connectivity index (χ1) is 18.9. The van der Waals surface area contributed by atoms with Crippen LogP contribution in [0.3, 0.4) is 0 Å². The third kappa shape index (κ3) is 10.2. The maximum absolute atomic E-state index is 11.9. The Morgan fingerprint density at radius 1 is 1.02 bits per heavy atom. The molecule has 1 aromatic heterocycles. The third-order valence-corrected chi connectivity index (χ3v) is 4.77. The standard InChI is InChI=1S/C13H15N3O6.C11H12N2O2.2ClH.Sn/c1-4-22-13(17)11-7-9(15(18)19)8-12(16(20)21)10(11)5-6-14(2)3;1-2-15-11(14)9-5-7(12)6-10-8(9)3-4-13-10;;;/h5-8H,4H2,1-3H3;3-6,13H,2,12H2,1H3;2*1H;/q;;;;+2/p-2/b6-5+;;;;. The number of nitro groups is 2. The van der Waals surface area contributed by atoms with E-state index < -0.39 is 46.1 Å². The number of nitrogens with two attached hydrogens (primary N) is 1. The van der Waals surface area contributed by atoms with Crippen LogP contribution in [0, 0.1) is 20.2 Å². The molecule has 40 heavy (non-hydrogen) atoms. The Balaban J connectivity index is 0.000000383. The number of nitrogens with one attached hydrogen (secondary N) is 1. The molecule has 1 heterocycles. The van der Waals surface area contributed by atoms with Crippen molar-refractivity contribution >= 4 is 82.7 Å². The second-order valence-electron chi connectivity index (χ2n) is 7.74. The number of anilines is 1. The van der Waals surface area contributed by atoms with Crippen LogP contribution in [0.15, 0.2) is 42.7 Å². The number of H-pyrrole nitrogens is 1. The zero-order chi connectivity index (χ0) is 30.4. The number of carbonyl (C=O) groups is 2. The summed E-state index contributed by atoms with van der Waals surface area (Å²) >= 11 is -0.826. The zero-order valence-corrected chi connectivity index (χ0v) is 26.3. The number of aromatic nitrogens is 1. The number of esters is 2. The van der Waals surface area contributed by atoms with Crippen molar-refractivity contribution in [3.05, 3.63) is 79.6 Å². The SMILES string of the molecule is CCOC(=O)c1cc(N)cc2[nH]ccc12.CCOC(=O)c1cc([N+](=O)[O-])cc([N+](=O)[O-])c1/C=C/N(C)C.[Cl][Sn][Cl]. The number of ether oxygens (including phenoxy) is 2. The molecule has 0 saturated carbocycles. The van der Waals surface area contributed by atoms with E-state index in [9.17, 15) is 29.8 Å². The Bertz CT molecular complexity index is 1380. The molecule has 0 amide bonds. The van der Waals surface area contributed by atoms with Gasteiger partial charge in [0.25, 0.3) is 11.4 Å². The van der Waals surface area contributed by atoms with Gasteiger partial charge in [-0.15, -0.1) is 0 Å². The van der Waals surface area contributed by atoms with E-state index in [1.165, 1.54) is 12.3 Å². The number of rotatable bonds is 8. The van der Waals surface area contributed by atoms with Crippen molar-refractivity contribution in [2.75, 3.05) is 33.0 Å². The monoisotopic (exact) mass is 703 g/mol. The molecule has 0 fully saturated rings. The van der Waals surface area contributed by atoms with Crippen LogP contribution in [0.4, 0.5) is 17.1 Å². The summed E-state index contributed by atoms with van der Waals surface area (Å²) in [6.45, 7) is 3.75. The van der Waals surface area contributed by atoms with Gasteiger partial charge in [0, 0.05) is 42.9 Å². The van der Waals surface area contributed by atoms with E-state index in [1.807, 2.05) is 6.07 Å². The van der Waals surface area contributed by atoms with Gasteiger partial charge >= 0.3 is 48.7 Å². The molecule has 0 aliphatic heterocycles. The average molecular weight is 703 g/mol. The average Bonchev–Trinajstić information content (AvgIpc) is 3.35. The van der Waals surface area contributed by atoms with Crippen LogP contribution in [0.1, 0.15) is 40.1 Å². The summed E-state index contributed by atoms with van der Waals surface area (Å²) in [6.07, 6.45) is 4.61. The van der Waals surface area contributed by atoms with Crippen molar-refractivity contribution in [1.82, 2.24) is 9.88 Å². The van der Waals surface area contributed by atoms with Gasteiger partial charge in [0.05, 0.1) is 45.8 Å². The summed E-state index contributed by atoms with van der Waals surface area (Å²) in [5, 5.41) is 22.9. The number of nitro benzene ring substituents is 2. The van der Waals surface area contributed by atoms with Crippen molar-refractivity contribution in [3.8, 4) is 0 Å². The second-order valence-corrected chi connectivity index (χ2v) is 12.0. The fourth-order valence-corrected chi connectivity index (χ4v) is 3.22. The molecular formula is C24H27Cl2N5O8Sn. The van der Waals surface area contributed by atoms with E-state index in [1.54, 1.807) is 51.2 Å². The number of benzene rings is 2. The molecule has 13 nitrogen and oxygen atoms in total. The Morgan fingerprint density at radius 2 is 1.60 bits per heavy atom. The number of non-ortho nitro benzene ring substituents is 1. The molecule has 214 valence electrons. The van der Waals surface area contributed by atoms with E-state index >= 15 is 0 Å². The predicted molar refractivity (Wildman–Crippen MR) is 155 cm³/mol. The third-order valence-electron chi connectivity index (χ3n) is 4.77. The number of hydrogen-bond donors (Lipinski definition) is 2. The second kappa shape index (κ2) is 17.2. The molecule has 2 radical (unpaired) electrons. The topological polar surface area (TPSA) is 184 Å². The van der Waals surface area contributed by atoms with Crippen LogP contribution >= 0.6 is 17.8 Å². The number of nitrogen functional groups attached to an aromatic ring is 1. The van der Waals surface area contributed by atoms with Crippen molar-refractivity contribution in [3.63, 3.8) is 0 Å². The van der Waals surface area contributed by atoms with Gasteiger partial charge in [-0.25, -0.2) is 9.59 Å². The van der Waals surface area contributed by atoms with Gasteiger partial charge in [-0.05, 0) is 44.3 Å². The van der Waals surface area contributed by atoms with Crippen molar-refractivity contribution in [1.29, 1.82) is 0 Å². The van der Waals surface area contributed by atoms with Crippen LogP contribution in [-0.4, -0.2) is 77.9 Å². The molecule has 0 aliphatic rings. The molecule has 0 atom stereocenters. The van der Waals surface area contributed by atoms with Gasteiger partial charge in [-0.1, -0.05) is 0 Å². The predicted octanol–water partition coefficient (Wildman–Crippen LogP) is 5.14. The van der Waals surface area contributed by atoms with Crippen molar-refractivity contribution in [2.45, 2.75) is 13.8 Å². The summed E-state index contributed by atoms with van der Waals surface area (Å²) in [6, 6.07) is 7.05. The van der Waals surface area contributed by atoms with E-state index in [2.05, 4.69) is 4.98 Å². The number of hydrogen-bond acceptors (Lipinski definition) is 10. The first-order valence-electron chi connectivity index (χ1n) is 11.4. The first kappa shape index (κ1) is 34.5. The number of aromatic amines is 1. The summed E-state index contributed by atoms with van der Waals surface area (Å²) in [7, 11) is 13.3. The quantitative estimate of drug-likeness (QED) is 0.105. The van der Waals surface area contributed by atoms with Crippen LogP contribution in [0.25, 0.3) is 17.0 Å². The molecule has 2 aromatic carbocycles. The molecule has 16 heteroatoms. The molecule has 0 unspecified atom stereocenters. The fraction of sp³-hybridized carbons (Fsp3) is 0.250.